The number of nitrogens with zero attached hydrogens (tertiary/aromatic N) is 2. The Labute approximate surface area is 104 Å². The van der Waals surface area contributed by atoms with Crippen LogP contribution < -0.4 is 11.3 Å². The number of hydrogen-bond acceptors (Lipinski definition) is 3. The van der Waals surface area contributed by atoms with Crippen LogP contribution in [0.5, 0.6) is 0 Å². The third-order valence-corrected chi connectivity index (χ3v) is 2.95. The number of unbranched alkanes of at least 4 members (excludes halogenated alkanes) is 2. The van der Waals surface area contributed by atoms with Crippen molar-refractivity contribution in [1.29, 1.82) is 0 Å². The molecule has 0 radical (unpaired) electrons. The zero-order valence-electron chi connectivity index (χ0n) is 10.3. The highest BCUT2D eigenvalue weighted by Crippen LogP contribution is 2.11. The van der Waals surface area contributed by atoms with E-state index in [1.54, 1.807) is 10.8 Å². The molecule has 18 heavy (non-hydrogen) atoms. The summed E-state index contributed by atoms with van der Waals surface area (Å²) >= 11 is 0. The number of aromatic nitrogens is 3. The summed E-state index contributed by atoms with van der Waals surface area (Å²) in [4.78, 5) is 23.4. The maximum atomic E-state index is 12.1. The molecule has 0 aliphatic heterocycles. The van der Waals surface area contributed by atoms with Crippen LogP contribution >= 0.6 is 0 Å². The van der Waals surface area contributed by atoms with Gasteiger partial charge < -0.3 is 10.3 Å². The standard InChI is InChI=1S/C12H16N4O2/c1-2-3-4-5-16-10-7-14-15-9(10)6-8(11(13)17)12(16)18/h6-7H,2-5H2,1H3,(H2,13,17)(H,14,15). The minimum absolute atomic E-state index is 0.00301. The molecule has 0 aliphatic rings. The van der Waals surface area contributed by atoms with Gasteiger partial charge in [0.25, 0.3) is 11.5 Å². The van der Waals surface area contributed by atoms with E-state index in [9.17, 15) is 9.59 Å². The van der Waals surface area contributed by atoms with Gasteiger partial charge >= 0.3 is 0 Å². The van der Waals surface area contributed by atoms with Crippen LogP contribution in [0.2, 0.25) is 0 Å². The average molecular weight is 248 g/mol. The smallest absolute Gasteiger partial charge is 0.264 e. The van der Waals surface area contributed by atoms with E-state index in [-0.39, 0.29) is 11.1 Å². The Kier molecular flexibility index (Phi) is 3.45. The number of aryl methyl sites for hydroxylation is 1. The highest BCUT2D eigenvalue weighted by molar-refractivity contribution is 5.95. The first-order valence-electron chi connectivity index (χ1n) is 6.02. The zero-order chi connectivity index (χ0) is 13.1. The minimum Gasteiger partial charge on any atom is -0.365 e. The first kappa shape index (κ1) is 12.3. The number of aromatic amines is 1. The molecule has 0 unspecified atom stereocenters. The molecule has 0 aromatic carbocycles. The predicted octanol–water partition coefficient (Wildman–Crippen LogP) is 1.01. The van der Waals surface area contributed by atoms with E-state index in [0.717, 1.165) is 19.3 Å². The molecule has 0 saturated heterocycles. The fourth-order valence-electron chi connectivity index (χ4n) is 1.99. The summed E-state index contributed by atoms with van der Waals surface area (Å²) in [5.74, 6) is -0.708. The number of amides is 1. The van der Waals surface area contributed by atoms with Gasteiger partial charge in [-0.05, 0) is 12.5 Å². The van der Waals surface area contributed by atoms with Gasteiger partial charge in [0, 0.05) is 6.54 Å². The molecular formula is C12H16N4O2. The van der Waals surface area contributed by atoms with Gasteiger partial charge in [-0.25, -0.2) is 0 Å². The van der Waals surface area contributed by atoms with Gasteiger partial charge in [0.15, 0.2) is 0 Å². The van der Waals surface area contributed by atoms with Crippen LogP contribution in [0.4, 0.5) is 0 Å². The highest BCUT2D eigenvalue weighted by atomic mass is 16.2. The molecule has 2 heterocycles. The van der Waals surface area contributed by atoms with Gasteiger partial charge in [0.2, 0.25) is 0 Å². The van der Waals surface area contributed by atoms with Crippen molar-refractivity contribution in [3.63, 3.8) is 0 Å². The van der Waals surface area contributed by atoms with E-state index < -0.39 is 5.91 Å². The SMILES string of the molecule is CCCCCn1c(=O)c(C(N)=O)cc2[nH]ncc21. The van der Waals surface area contributed by atoms with Crippen LogP contribution in [-0.2, 0) is 6.54 Å². The lowest BCUT2D eigenvalue weighted by Gasteiger charge is -2.08. The van der Waals surface area contributed by atoms with Crippen molar-refractivity contribution >= 4 is 16.9 Å². The number of nitrogens with one attached hydrogen (secondary N) is 1. The molecule has 6 nitrogen and oxygen atoms in total. The highest BCUT2D eigenvalue weighted by Gasteiger charge is 2.13. The fourth-order valence-corrected chi connectivity index (χ4v) is 1.99. The van der Waals surface area contributed by atoms with Crippen LogP contribution in [0.3, 0.4) is 0 Å². The molecule has 1 amide bonds. The van der Waals surface area contributed by atoms with Crippen LogP contribution in [-0.4, -0.2) is 20.7 Å². The van der Waals surface area contributed by atoms with Crippen LogP contribution in [0.15, 0.2) is 17.1 Å². The number of nitrogens with two attached hydrogens (primary N) is 1. The first-order valence-corrected chi connectivity index (χ1v) is 6.02. The van der Waals surface area contributed by atoms with E-state index in [0.29, 0.717) is 17.6 Å². The maximum Gasteiger partial charge on any atom is 0.264 e. The summed E-state index contributed by atoms with van der Waals surface area (Å²) in [6, 6.07) is 1.46. The van der Waals surface area contributed by atoms with Gasteiger partial charge in [0.1, 0.15) is 5.56 Å². The van der Waals surface area contributed by atoms with Crippen molar-refractivity contribution in [3.8, 4) is 0 Å². The molecule has 0 aliphatic carbocycles. The normalized spacial score (nSPS) is 10.9. The molecule has 96 valence electrons. The molecule has 3 N–H and O–H groups in total. The molecule has 0 saturated carbocycles. The van der Waals surface area contributed by atoms with Crippen molar-refractivity contribution in [2.24, 2.45) is 5.73 Å². The second kappa shape index (κ2) is 5.03. The van der Waals surface area contributed by atoms with Crippen molar-refractivity contribution in [2.45, 2.75) is 32.7 Å². The minimum atomic E-state index is -0.708. The third-order valence-electron chi connectivity index (χ3n) is 2.95. The topological polar surface area (TPSA) is 93.8 Å². The molecule has 0 atom stereocenters. The lowest BCUT2D eigenvalue weighted by molar-refractivity contribution is 0.0998. The third kappa shape index (κ3) is 2.13. The second-order valence-electron chi connectivity index (χ2n) is 4.26. The van der Waals surface area contributed by atoms with Crippen LogP contribution in [0.1, 0.15) is 36.5 Å². The van der Waals surface area contributed by atoms with E-state index in [2.05, 4.69) is 17.1 Å². The number of pyridine rings is 1. The largest absolute Gasteiger partial charge is 0.365 e. The second-order valence-corrected chi connectivity index (χ2v) is 4.26. The van der Waals surface area contributed by atoms with Gasteiger partial charge in [-0.1, -0.05) is 19.8 Å². The molecule has 2 aromatic heterocycles. The van der Waals surface area contributed by atoms with Gasteiger partial charge in [-0.2, -0.15) is 5.10 Å². The van der Waals surface area contributed by atoms with Crippen molar-refractivity contribution in [1.82, 2.24) is 14.8 Å². The van der Waals surface area contributed by atoms with E-state index >= 15 is 0 Å². The van der Waals surface area contributed by atoms with Crippen LogP contribution in [0.25, 0.3) is 11.0 Å². The van der Waals surface area contributed by atoms with E-state index in [1.165, 1.54) is 6.07 Å². The summed E-state index contributed by atoms with van der Waals surface area (Å²) in [5, 5.41) is 6.65. The number of carbonyl (C=O) groups is 1. The number of primary amides is 1. The monoisotopic (exact) mass is 248 g/mol. The van der Waals surface area contributed by atoms with Crippen molar-refractivity contribution in [3.05, 3.63) is 28.2 Å². The Morgan fingerprint density at radius 2 is 2.28 bits per heavy atom. The summed E-state index contributed by atoms with van der Waals surface area (Å²) in [6.07, 6.45) is 4.58. The molecule has 2 aromatic rings. The number of hydrogen-bond donors (Lipinski definition) is 2. The summed E-state index contributed by atoms with van der Waals surface area (Å²) in [7, 11) is 0. The Bertz CT molecular complexity index is 627. The van der Waals surface area contributed by atoms with E-state index in [4.69, 9.17) is 5.73 Å². The maximum absolute atomic E-state index is 12.1. The Morgan fingerprint density at radius 1 is 1.50 bits per heavy atom. The van der Waals surface area contributed by atoms with Crippen LogP contribution in [0, 0.1) is 0 Å². The fraction of sp³-hybridized carbons (Fsp3) is 0.417. The Hall–Kier alpha value is -2.11. The lowest BCUT2D eigenvalue weighted by Crippen LogP contribution is -2.29. The summed E-state index contributed by atoms with van der Waals surface area (Å²) in [6.45, 7) is 2.67. The molecular weight excluding hydrogens is 232 g/mol. The molecule has 0 fully saturated rings. The van der Waals surface area contributed by atoms with Gasteiger partial charge in [0.05, 0.1) is 17.2 Å². The predicted molar refractivity (Wildman–Crippen MR) is 68.4 cm³/mol. The summed E-state index contributed by atoms with van der Waals surface area (Å²) in [5.41, 5.74) is 6.24. The average Bonchev–Trinajstić information content (AvgIpc) is 2.79. The Balaban J connectivity index is 2.53. The number of rotatable bonds is 5. The summed E-state index contributed by atoms with van der Waals surface area (Å²) < 4.78 is 1.56. The van der Waals surface area contributed by atoms with Gasteiger partial charge in [-0.15, -0.1) is 0 Å². The lowest BCUT2D eigenvalue weighted by atomic mass is 10.2. The molecule has 6 heteroatoms. The van der Waals surface area contributed by atoms with Crippen molar-refractivity contribution < 1.29 is 4.79 Å². The number of carbonyl (C=O) groups excluding carboxylic acids is 1. The molecule has 2 rings (SSSR count). The molecule has 0 bridgehead atoms. The quantitative estimate of drug-likeness (QED) is 0.773. The zero-order valence-corrected chi connectivity index (χ0v) is 10.3. The molecule has 0 spiro atoms. The number of H-pyrrole nitrogens is 1. The van der Waals surface area contributed by atoms with Crippen molar-refractivity contribution in [2.75, 3.05) is 0 Å². The van der Waals surface area contributed by atoms with Gasteiger partial charge in [-0.3, -0.25) is 14.7 Å². The Morgan fingerprint density at radius 3 is 2.94 bits per heavy atom. The number of fused-ring (bicyclic) bond motifs is 1. The first-order chi connectivity index (χ1) is 8.65. The van der Waals surface area contributed by atoms with E-state index in [1.807, 2.05) is 0 Å².